The minimum atomic E-state index is -4.16. The van der Waals surface area contributed by atoms with Gasteiger partial charge in [-0.15, -0.1) is 0 Å². The van der Waals surface area contributed by atoms with Crippen molar-refractivity contribution in [2.75, 3.05) is 6.61 Å². The summed E-state index contributed by atoms with van der Waals surface area (Å²) in [6.45, 7) is 3.73. The van der Waals surface area contributed by atoms with E-state index in [1.54, 1.807) is 0 Å². The molecule has 0 atom stereocenters. The predicted octanol–water partition coefficient (Wildman–Crippen LogP) is 3.22. The molecule has 8 heteroatoms. The van der Waals surface area contributed by atoms with Crippen molar-refractivity contribution in [3.63, 3.8) is 0 Å². The second kappa shape index (κ2) is 6.07. The Balaban J connectivity index is 3.20. The summed E-state index contributed by atoms with van der Waals surface area (Å²) in [4.78, 5) is 11.1. The van der Waals surface area contributed by atoms with Crippen LogP contribution < -0.4 is 0 Å². The Bertz CT molecular complexity index is 599. The molecular weight excluding hydrogens is 318 g/mol. The highest BCUT2D eigenvalue weighted by atomic mass is 35.7. The molecule has 0 aliphatic heterocycles. The van der Waals surface area contributed by atoms with Gasteiger partial charge in [0.05, 0.1) is 22.1 Å². The van der Waals surface area contributed by atoms with Gasteiger partial charge in [0.1, 0.15) is 5.82 Å². The van der Waals surface area contributed by atoms with E-state index in [0.29, 0.717) is 6.07 Å². The Morgan fingerprint density at radius 1 is 1.42 bits per heavy atom. The van der Waals surface area contributed by atoms with E-state index in [1.165, 1.54) is 0 Å². The summed E-state index contributed by atoms with van der Waals surface area (Å²) < 4.78 is 40.6. The van der Waals surface area contributed by atoms with Crippen LogP contribution in [0.25, 0.3) is 0 Å². The van der Waals surface area contributed by atoms with Crippen LogP contribution in [0.15, 0.2) is 17.0 Å². The highest BCUT2D eigenvalue weighted by Crippen LogP contribution is 2.26. The first-order valence-electron chi connectivity index (χ1n) is 5.23. The molecule has 106 valence electrons. The third-order valence-corrected chi connectivity index (χ3v) is 3.77. The number of carbonyl (C=O) groups is 1. The topological polar surface area (TPSA) is 60.4 Å². The number of rotatable bonds is 4. The summed E-state index contributed by atoms with van der Waals surface area (Å²) in [5, 5.41) is -0.502. The summed E-state index contributed by atoms with van der Waals surface area (Å²) in [5.74, 6) is -1.88. The zero-order valence-electron chi connectivity index (χ0n) is 10.1. The van der Waals surface area contributed by atoms with E-state index in [1.807, 2.05) is 13.8 Å². The molecule has 0 N–H and O–H groups in total. The summed E-state index contributed by atoms with van der Waals surface area (Å²) in [7, 11) is 0.934. The Morgan fingerprint density at radius 3 is 2.47 bits per heavy atom. The van der Waals surface area contributed by atoms with Gasteiger partial charge < -0.3 is 4.74 Å². The Morgan fingerprint density at radius 2 is 2.00 bits per heavy atom. The number of hydrogen-bond acceptors (Lipinski definition) is 4. The van der Waals surface area contributed by atoms with Crippen molar-refractivity contribution < 1.29 is 22.3 Å². The normalized spacial score (nSPS) is 11.7. The molecule has 0 aliphatic carbocycles. The molecule has 19 heavy (non-hydrogen) atoms. The molecule has 0 bridgehead atoms. The van der Waals surface area contributed by atoms with Crippen LogP contribution in [0.4, 0.5) is 4.39 Å². The van der Waals surface area contributed by atoms with Crippen molar-refractivity contribution in [2.45, 2.75) is 18.7 Å². The predicted molar refractivity (Wildman–Crippen MR) is 69.6 cm³/mol. The first-order chi connectivity index (χ1) is 8.62. The molecule has 0 saturated heterocycles. The van der Waals surface area contributed by atoms with Gasteiger partial charge in [0.15, 0.2) is 0 Å². The summed E-state index contributed by atoms with van der Waals surface area (Å²) in [5.41, 5.74) is -0.374. The molecular formula is C11H11Cl2FO4S. The highest BCUT2D eigenvalue weighted by Gasteiger charge is 2.21. The van der Waals surface area contributed by atoms with Crippen molar-refractivity contribution in [3.8, 4) is 0 Å². The molecule has 0 heterocycles. The zero-order valence-corrected chi connectivity index (χ0v) is 12.4. The first kappa shape index (κ1) is 16.2. The van der Waals surface area contributed by atoms with E-state index < -0.39 is 30.8 Å². The molecule has 0 fully saturated rings. The van der Waals surface area contributed by atoms with Gasteiger partial charge in [-0.1, -0.05) is 25.4 Å². The van der Waals surface area contributed by atoms with Crippen LogP contribution >= 0.6 is 22.3 Å². The molecule has 4 nitrogen and oxygen atoms in total. The lowest BCUT2D eigenvalue weighted by Gasteiger charge is -2.09. The van der Waals surface area contributed by atoms with E-state index >= 15 is 0 Å². The summed E-state index contributed by atoms with van der Waals surface area (Å²) in [6.07, 6.45) is 0. The van der Waals surface area contributed by atoms with Crippen molar-refractivity contribution in [2.24, 2.45) is 5.92 Å². The molecule has 0 amide bonds. The molecule has 0 saturated carbocycles. The van der Waals surface area contributed by atoms with E-state index in [0.717, 1.165) is 6.07 Å². The van der Waals surface area contributed by atoms with Gasteiger partial charge in [-0.2, -0.15) is 0 Å². The van der Waals surface area contributed by atoms with Gasteiger partial charge in [-0.05, 0) is 18.1 Å². The second-order valence-electron chi connectivity index (χ2n) is 4.20. The standard InChI is InChI=1S/C11H11Cl2FO4S/c1-6(2)5-18-11(15)8-3-7(19(13,16)17)4-9(14)10(8)12/h3-4,6H,5H2,1-2H3. The quantitative estimate of drug-likeness (QED) is 0.629. The lowest BCUT2D eigenvalue weighted by molar-refractivity contribution is 0.0458. The highest BCUT2D eigenvalue weighted by molar-refractivity contribution is 8.13. The van der Waals surface area contributed by atoms with Crippen LogP contribution in [-0.2, 0) is 13.8 Å². The van der Waals surface area contributed by atoms with Gasteiger partial charge in [-0.25, -0.2) is 17.6 Å². The fourth-order valence-corrected chi connectivity index (χ4v) is 2.13. The second-order valence-corrected chi connectivity index (χ2v) is 7.14. The maximum Gasteiger partial charge on any atom is 0.339 e. The van der Waals surface area contributed by atoms with E-state index in [-0.39, 0.29) is 18.1 Å². The van der Waals surface area contributed by atoms with E-state index in [4.69, 9.17) is 27.0 Å². The largest absolute Gasteiger partial charge is 0.462 e. The van der Waals surface area contributed by atoms with Crippen molar-refractivity contribution >= 4 is 37.3 Å². The number of carbonyl (C=O) groups excluding carboxylic acids is 1. The summed E-state index contributed by atoms with van der Waals surface area (Å²) in [6, 6.07) is 1.53. The van der Waals surface area contributed by atoms with Gasteiger partial charge in [0.2, 0.25) is 0 Å². The maximum absolute atomic E-state index is 13.5. The van der Waals surface area contributed by atoms with E-state index in [9.17, 15) is 17.6 Å². The van der Waals surface area contributed by atoms with Gasteiger partial charge in [0.25, 0.3) is 9.05 Å². The molecule has 0 radical (unpaired) electrons. The molecule has 0 spiro atoms. The van der Waals surface area contributed by atoms with Crippen LogP contribution in [0.2, 0.25) is 5.02 Å². The van der Waals surface area contributed by atoms with Gasteiger partial charge in [0, 0.05) is 10.7 Å². The number of halogens is 3. The average Bonchev–Trinajstić information content (AvgIpc) is 2.27. The lowest BCUT2D eigenvalue weighted by atomic mass is 10.2. The molecule has 1 aromatic rings. The van der Waals surface area contributed by atoms with Crippen molar-refractivity contribution in [1.29, 1.82) is 0 Å². The number of ether oxygens (including phenoxy) is 1. The number of hydrogen-bond donors (Lipinski definition) is 0. The van der Waals surface area contributed by atoms with Crippen molar-refractivity contribution in [3.05, 3.63) is 28.5 Å². The SMILES string of the molecule is CC(C)COC(=O)c1cc(S(=O)(=O)Cl)cc(F)c1Cl. The van der Waals surface area contributed by atoms with Gasteiger partial charge in [-0.3, -0.25) is 0 Å². The number of benzene rings is 1. The molecule has 0 unspecified atom stereocenters. The third-order valence-electron chi connectivity index (χ3n) is 2.05. The van der Waals surface area contributed by atoms with Crippen LogP contribution in [0.5, 0.6) is 0 Å². The minimum absolute atomic E-state index is 0.0764. The third kappa shape index (κ3) is 4.33. The molecule has 1 aromatic carbocycles. The smallest absolute Gasteiger partial charge is 0.339 e. The monoisotopic (exact) mass is 328 g/mol. The Hall–Kier alpha value is -0.850. The Labute approximate surface area is 119 Å². The lowest BCUT2D eigenvalue weighted by Crippen LogP contribution is -2.12. The first-order valence-corrected chi connectivity index (χ1v) is 7.92. The molecule has 0 aliphatic rings. The average molecular weight is 329 g/mol. The zero-order chi connectivity index (χ0) is 14.8. The van der Waals surface area contributed by atoms with E-state index in [2.05, 4.69) is 0 Å². The summed E-state index contributed by atoms with van der Waals surface area (Å²) >= 11 is 5.61. The van der Waals surface area contributed by atoms with Crippen LogP contribution in [0, 0.1) is 11.7 Å². The number of esters is 1. The van der Waals surface area contributed by atoms with Crippen LogP contribution in [-0.4, -0.2) is 21.0 Å². The minimum Gasteiger partial charge on any atom is -0.462 e. The maximum atomic E-state index is 13.5. The van der Waals surface area contributed by atoms with Crippen LogP contribution in [0.1, 0.15) is 24.2 Å². The Kier molecular flexibility index (Phi) is 5.18. The van der Waals surface area contributed by atoms with Crippen LogP contribution in [0.3, 0.4) is 0 Å². The molecule has 1 rings (SSSR count). The van der Waals surface area contributed by atoms with Crippen molar-refractivity contribution in [1.82, 2.24) is 0 Å². The fraction of sp³-hybridized carbons (Fsp3) is 0.364. The molecule has 0 aromatic heterocycles. The van der Waals surface area contributed by atoms with Gasteiger partial charge >= 0.3 is 5.97 Å². The fourth-order valence-electron chi connectivity index (χ4n) is 1.17.